The zero-order chi connectivity index (χ0) is 8.70. The molecular weight excluding hydrogens is 134 g/mol. The Labute approximate surface area is 70.6 Å². The predicted octanol–water partition coefficient (Wildman–Crippen LogP) is 2.56. The van der Waals surface area contributed by atoms with Crippen LogP contribution in [-0.2, 0) is 0 Å². The van der Waals surface area contributed by atoms with E-state index in [1.54, 1.807) is 0 Å². The third-order valence-electron chi connectivity index (χ3n) is 2.52. The highest BCUT2D eigenvalue weighted by atomic mass is 15.1. The zero-order valence-corrected chi connectivity index (χ0v) is 8.49. The van der Waals surface area contributed by atoms with Crippen LogP contribution in [0.4, 0.5) is 0 Å². The molecule has 1 saturated carbocycles. The summed E-state index contributed by atoms with van der Waals surface area (Å²) in [4.78, 5) is 0. The van der Waals surface area contributed by atoms with Gasteiger partial charge in [0.1, 0.15) is 0 Å². The van der Waals surface area contributed by atoms with Crippen LogP contribution in [0, 0.1) is 5.92 Å². The minimum Gasteiger partial charge on any atom is -0.306 e. The summed E-state index contributed by atoms with van der Waals surface area (Å²) in [6, 6.07) is 0. The molecule has 0 aromatic rings. The van der Waals surface area contributed by atoms with Crippen molar-refractivity contribution in [2.24, 2.45) is 5.92 Å². The molecule has 1 fully saturated rings. The second-order valence-corrected chi connectivity index (χ2v) is 5.19. The highest BCUT2D eigenvalue weighted by molar-refractivity contribution is 5.06. The molecule has 66 valence electrons. The molecule has 1 heteroatoms. The number of rotatable bonds is 2. The van der Waals surface area contributed by atoms with Crippen molar-refractivity contribution in [3.8, 4) is 0 Å². The maximum Gasteiger partial charge on any atom is 0.0210 e. The molecule has 0 atom stereocenters. The van der Waals surface area contributed by atoms with Crippen LogP contribution in [0.25, 0.3) is 0 Å². The lowest BCUT2D eigenvalue weighted by atomic mass is 9.97. The van der Waals surface area contributed by atoms with Crippen molar-refractivity contribution in [2.45, 2.75) is 58.5 Å². The van der Waals surface area contributed by atoms with Crippen LogP contribution < -0.4 is 5.32 Å². The van der Waals surface area contributed by atoms with Gasteiger partial charge in [0, 0.05) is 11.1 Å². The number of hydrogen-bond donors (Lipinski definition) is 1. The zero-order valence-electron chi connectivity index (χ0n) is 8.49. The summed E-state index contributed by atoms with van der Waals surface area (Å²) in [5, 5.41) is 3.71. The fraction of sp³-hybridized carbons (Fsp3) is 1.00. The molecular formula is C10H21N. The van der Waals surface area contributed by atoms with Gasteiger partial charge in [0.25, 0.3) is 0 Å². The predicted molar refractivity (Wildman–Crippen MR) is 49.7 cm³/mol. The molecule has 0 radical (unpaired) electrons. The Hall–Kier alpha value is -0.0400. The molecule has 0 aromatic heterocycles. The van der Waals surface area contributed by atoms with Gasteiger partial charge in [-0.15, -0.1) is 0 Å². The van der Waals surface area contributed by atoms with Gasteiger partial charge >= 0.3 is 0 Å². The van der Waals surface area contributed by atoms with Gasteiger partial charge in [-0.2, -0.15) is 0 Å². The fourth-order valence-corrected chi connectivity index (χ4v) is 1.73. The van der Waals surface area contributed by atoms with E-state index in [0.717, 1.165) is 5.92 Å². The molecule has 0 bridgehead atoms. The molecule has 0 amide bonds. The average molecular weight is 155 g/mol. The maximum atomic E-state index is 3.71. The monoisotopic (exact) mass is 155 g/mol. The van der Waals surface area contributed by atoms with E-state index < -0.39 is 0 Å². The first-order valence-corrected chi connectivity index (χ1v) is 4.65. The Morgan fingerprint density at radius 3 is 1.73 bits per heavy atom. The van der Waals surface area contributed by atoms with Gasteiger partial charge in [-0.1, -0.05) is 13.8 Å². The van der Waals surface area contributed by atoms with E-state index in [-0.39, 0.29) is 5.54 Å². The third kappa shape index (κ3) is 2.19. The van der Waals surface area contributed by atoms with Gasteiger partial charge in [-0.3, -0.25) is 0 Å². The smallest absolute Gasteiger partial charge is 0.0210 e. The van der Waals surface area contributed by atoms with Crippen molar-refractivity contribution in [1.29, 1.82) is 0 Å². The van der Waals surface area contributed by atoms with Crippen LogP contribution in [0.1, 0.15) is 47.5 Å². The average Bonchev–Trinajstić information content (AvgIpc) is 2.43. The minimum atomic E-state index is 0.279. The third-order valence-corrected chi connectivity index (χ3v) is 2.52. The van der Waals surface area contributed by atoms with Gasteiger partial charge in [0.2, 0.25) is 0 Å². The molecule has 1 aliphatic carbocycles. The van der Waals surface area contributed by atoms with Crippen molar-refractivity contribution in [3.05, 3.63) is 0 Å². The molecule has 1 nitrogen and oxygen atoms in total. The van der Waals surface area contributed by atoms with Crippen LogP contribution in [0.3, 0.4) is 0 Å². The van der Waals surface area contributed by atoms with E-state index in [2.05, 4.69) is 39.9 Å². The van der Waals surface area contributed by atoms with Gasteiger partial charge in [-0.25, -0.2) is 0 Å². The molecule has 1 N–H and O–H groups in total. The Balaban J connectivity index is 2.48. The molecule has 1 rings (SSSR count). The highest BCUT2D eigenvalue weighted by Gasteiger charge is 2.46. The van der Waals surface area contributed by atoms with Crippen molar-refractivity contribution < 1.29 is 0 Å². The summed E-state index contributed by atoms with van der Waals surface area (Å²) in [7, 11) is 0. The summed E-state index contributed by atoms with van der Waals surface area (Å²) in [5.41, 5.74) is 0.763. The summed E-state index contributed by atoms with van der Waals surface area (Å²) in [6.07, 6.45) is 2.73. The topological polar surface area (TPSA) is 12.0 Å². The second-order valence-electron chi connectivity index (χ2n) is 5.19. The number of nitrogens with one attached hydrogen (secondary N) is 1. The molecule has 0 heterocycles. The Kier molecular flexibility index (Phi) is 2.04. The van der Waals surface area contributed by atoms with Crippen LogP contribution in [0.5, 0.6) is 0 Å². The normalized spacial score (nSPS) is 22.4. The Morgan fingerprint density at radius 2 is 1.64 bits per heavy atom. The summed E-state index contributed by atoms with van der Waals surface area (Å²) < 4.78 is 0. The summed E-state index contributed by atoms with van der Waals surface area (Å²) in [6.45, 7) is 11.4. The van der Waals surface area contributed by atoms with Gasteiger partial charge in [0.15, 0.2) is 0 Å². The quantitative estimate of drug-likeness (QED) is 0.646. The van der Waals surface area contributed by atoms with Crippen molar-refractivity contribution in [2.75, 3.05) is 0 Å². The van der Waals surface area contributed by atoms with Gasteiger partial charge in [0.05, 0.1) is 0 Å². The first-order valence-electron chi connectivity index (χ1n) is 4.65. The van der Waals surface area contributed by atoms with Gasteiger partial charge < -0.3 is 5.32 Å². The molecule has 11 heavy (non-hydrogen) atoms. The van der Waals surface area contributed by atoms with Crippen molar-refractivity contribution in [3.63, 3.8) is 0 Å². The fourth-order valence-electron chi connectivity index (χ4n) is 1.73. The molecule has 0 aliphatic heterocycles. The Bertz CT molecular complexity index is 137. The Morgan fingerprint density at radius 1 is 1.18 bits per heavy atom. The molecule has 0 unspecified atom stereocenters. The molecule has 0 aromatic carbocycles. The lowest BCUT2D eigenvalue weighted by Crippen LogP contribution is -2.48. The van der Waals surface area contributed by atoms with Crippen LogP contribution >= 0.6 is 0 Å². The summed E-state index contributed by atoms with van der Waals surface area (Å²) >= 11 is 0. The first kappa shape index (κ1) is 9.05. The largest absolute Gasteiger partial charge is 0.306 e. The standard InChI is InChI=1S/C10H21N/c1-8(2)10(6-7-10)11-9(3,4)5/h8,11H,6-7H2,1-5H3. The minimum absolute atomic E-state index is 0.279. The van der Waals surface area contributed by atoms with E-state index in [1.165, 1.54) is 12.8 Å². The van der Waals surface area contributed by atoms with Crippen LogP contribution in [0.2, 0.25) is 0 Å². The lowest BCUT2D eigenvalue weighted by Gasteiger charge is -2.31. The molecule has 0 saturated heterocycles. The van der Waals surface area contributed by atoms with E-state index in [9.17, 15) is 0 Å². The molecule has 1 aliphatic rings. The van der Waals surface area contributed by atoms with Crippen LogP contribution in [-0.4, -0.2) is 11.1 Å². The lowest BCUT2D eigenvalue weighted by molar-refractivity contribution is 0.285. The van der Waals surface area contributed by atoms with Crippen molar-refractivity contribution in [1.82, 2.24) is 5.32 Å². The first-order chi connectivity index (χ1) is 4.86. The number of hydrogen-bond acceptors (Lipinski definition) is 1. The van der Waals surface area contributed by atoms with Crippen LogP contribution in [0.15, 0.2) is 0 Å². The van der Waals surface area contributed by atoms with E-state index in [0.29, 0.717) is 5.54 Å². The van der Waals surface area contributed by atoms with E-state index in [1.807, 2.05) is 0 Å². The maximum absolute atomic E-state index is 3.71. The SMILES string of the molecule is CC(C)C1(NC(C)(C)C)CC1. The molecule has 0 spiro atoms. The summed E-state index contributed by atoms with van der Waals surface area (Å²) in [5.74, 6) is 0.779. The van der Waals surface area contributed by atoms with E-state index in [4.69, 9.17) is 0 Å². The van der Waals surface area contributed by atoms with Crippen molar-refractivity contribution >= 4 is 0 Å². The second kappa shape index (κ2) is 2.48. The highest BCUT2D eigenvalue weighted by Crippen LogP contribution is 2.43. The van der Waals surface area contributed by atoms with Gasteiger partial charge in [-0.05, 0) is 39.5 Å². The van der Waals surface area contributed by atoms with E-state index >= 15 is 0 Å².